The molecule has 90 valence electrons. The zero-order valence-corrected chi connectivity index (χ0v) is 11.8. The molecule has 4 heteroatoms. The van der Waals surface area contributed by atoms with E-state index in [1.165, 1.54) is 11.1 Å². The van der Waals surface area contributed by atoms with E-state index in [-0.39, 0.29) is 0 Å². The minimum atomic E-state index is 0.706. The van der Waals surface area contributed by atoms with Crippen LogP contribution in [0.15, 0.2) is 41.1 Å². The van der Waals surface area contributed by atoms with Gasteiger partial charge in [0.15, 0.2) is 0 Å². The first-order chi connectivity index (χ1) is 8.28. The molecule has 0 aliphatic rings. The molecule has 0 atom stereocenters. The van der Waals surface area contributed by atoms with E-state index in [1.54, 1.807) is 0 Å². The van der Waals surface area contributed by atoms with Crippen molar-refractivity contribution < 1.29 is 0 Å². The van der Waals surface area contributed by atoms with Gasteiger partial charge in [0.2, 0.25) is 0 Å². The SMILES string of the molecule is ClCCCc1cnn(Cc2ccc(Br)cc2)c1. The Labute approximate surface area is 115 Å². The van der Waals surface area contributed by atoms with Gasteiger partial charge in [-0.25, -0.2) is 0 Å². The first-order valence-corrected chi connectivity index (χ1v) is 6.92. The van der Waals surface area contributed by atoms with Gasteiger partial charge in [0.05, 0.1) is 12.7 Å². The lowest BCUT2D eigenvalue weighted by molar-refractivity contribution is 0.686. The van der Waals surface area contributed by atoms with E-state index in [9.17, 15) is 0 Å². The van der Waals surface area contributed by atoms with Crippen LogP contribution in [0.3, 0.4) is 0 Å². The molecule has 0 saturated heterocycles. The van der Waals surface area contributed by atoms with Crippen molar-refractivity contribution in [2.45, 2.75) is 19.4 Å². The number of benzene rings is 1. The van der Waals surface area contributed by atoms with E-state index in [0.717, 1.165) is 23.9 Å². The molecule has 0 amide bonds. The molecule has 1 aromatic carbocycles. The molecule has 1 aromatic heterocycles. The van der Waals surface area contributed by atoms with Gasteiger partial charge in [-0.1, -0.05) is 28.1 Å². The number of aromatic nitrogens is 2. The summed E-state index contributed by atoms with van der Waals surface area (Å²) in [5.41, 5.74) is 2.50. The molecule has 0 bridgehead atoms. The summed E-state index contributed by atoms with van der Waals surface area (Å²) in [7, 11) is 0. The van der Waals surface area contributed by atoms with Crippen molar-refractivity contribution in [1.82, 2.24) is 9.78 Å². The highest BCUT2D eigenvalue weighted by Crippen LogP contribution is 2.12. The molecule has 2 aromatic rings. The monoisotopic (exact) mass is 312 g/mol. The second-order valence-electron chi connectivity index (χ2n) is 3.97. The highest BCUT2D eigenvalue weighted by molar-refractivity contribution is 9.10. The van der Waals surface area contributed by atoms with Crippen LogP contribution in [0.2, 0.25) is 0 Å². The standard InChI is InChI=1S/C13H14BrClN2/c14-13-5-3-11(4-6-13)9-17-10-12(8-16-17)2-1-7-15/h3-6,8,10H,1-2,7,9H2. The maximum atomic E-state index is 5.67. The molecule has 0 aliphatic heterocycles. The normalized spacial score (nSPS) is 10.7. The van der Waals surface area contributed by atoms with E-state index in [2.05, 4.69) is 39.4 Å². The van der Waals surface area contributed by atoms with Crippen molar-refractivity contribution in [3.63, 3.8) is 0 Å². The van der Waals surface area contributed by atoms with Crippen molar-refractivity contribution in [2.24, 2.45) is 0 Å². The van der Waals surface area contributed by atoms with Gasteiger partial charge >= 0.3 is 0 Å². The summed E-state index contributed by atoms with van der Waals surface area (Å²) in [4.78, 5) is 0. The summed E-state index contributed by atoms with van der Waals surface area (Å²) in [5.74, 6) is 0.706. The fourth-order valence-electron chi connectivity index (χ4n) is 1.67. The molecule has 0 fully saturated rings. The molecular formula is C13H14BrClN2. The smallest absolute Gasteiger partial charge is 0.0659 e. The Bertz CT molecular complexity index is 465. The average molecular weight is 314 g/mol. The van der Waals surface area contributed by atoms with Crippen LogP contribution in [0.1, 0.15) is 17.5 Å². The molecule has 0 N–H and O–H groups in total. The van der Waals surface area contributed by atoms with E-state index in [1.807, 2.05) is 23.0 Å². The second-order valence-corrected chi connectivity index (χ2v) is 5.26. The minimum absolute atomic E-state index is 0.706. The zero-order valence-electron chi connectivity index (χ0n) is 9.44. The van der Waals surface area contributed by atoms with Gasteiger partial charge in [0.1, 0.15) is 0 Å². The van der Waals surface area contributed by atoms with Crippen LogP contribution in [0.25, 0.3) is 0 Å². The third kappa shape index (κ3) is 3.86. The maximum Gasteiger partial charge on any atom is 0.0659 e. The summed E-state index contributed by atoms with van der Waals surface area (Å²) in [6.45, 7) is 0.814. The molecule has 17 heavy (non-hydrogen) atoms. The number of rotatable bonds is 5. The highest BCUT2D eigenvalue weighted by atomic mass is 79.9. The molecule has 0 aliphatic carbocycles. The molecular weight excluding hydrogens is 300 g/mol. The molecule has 1 heterocycles. The lowest BCUT2D eigenvalue weighted by Crippen LogP contribution is -1.99. The van der Waals surface area contributed by atoms with Crippen molar-refractivity contribution >= 4 is 27.5 Å². The first-order valence-electron chi connectivity index (χ1n) is 5.59. The third-order valence-corrected chi connectivity index (χ3v) is 3.34. The van der Waals surface area contributed by atoms with Crippen molar-refractivity contribution in [3.8, 4) is 0 Å². The van der Waals surface area contributed by atoms with E-state index in [4.69, 9.17) is 11.6 Å². The Morgan fingerprint density at radius 2 is 1.94 bits per heavy atom. The lowest BCUT2D eigenvalue weighted by atomic mass is 10.2. The summed E-state index contributed by atoms with van der Waals surface area (Å²) < 4.78 is 3.07. The molecule has 0 saturated carbocycles. The first kappa shape index (κ1) is 12.7. The molecule has 2 rings (SSSR count). The predicted octanol–water partition coefficient (Wildman–Crippen LogP) is 3.87. The van der Waals surface area contributed by atoms with Crippen LogP contribution in [-0.4, -0.2) is 15.7 Å². The van der Waals surface area contributed by atoms with Gasteiger partial charge in [0.25, 0.3) is 0 Å². The van der Waals surface area contributed by atoms with Gasteiger partial charge in [0, 0.05) is 16.5 Å². The molecule has 0 unspecified atom stereocenters. The summed E-state index contributed by atoms with van der Waals surface area (Å²) >= 11 is 9.10. The number of alkyl halides is 1. The Morgan fingerprint density at radius 1 is 1.18 bits per heavy atom. The Hall–Kier alpha value is -0.800. The topological polar surface area (TPSA) is 17.8 Å². The van der Waals surface area contributed by atoms with E-state index < -0.39 is 0 Å². The molecule has 0 radical (unpaired) electrons. The Balaban J connectivity index is 1.98. The Kier molecular flexibility index (Phi) is 4.63. The quantitative estimate of drug-likeness (QED) is 0.766. The van der Waals surface area contributed by atoms with E-state index in [0.29, 0.717) is 5.88 Å². The summed E-state index contributed by atoms with van der Waals surface area (Å²) in [6.07, 6.45) is 6.02. The van der Waals surface area contributed by atoms with Crippen LogP contribution in [0.4, 0.5) is 0 Å². The summed E-state index contributed by atoms with van der Waals surface area (Å²) in [6, 6.07) is 8.30. The molecule has 2 nitrogen and oxygen atoms in total. The van der Waals surface area contributed by atoms with Gasteiger partial charge in [-0.3, -0.25) is 4.68 Å². The van der Waals surface area contributed by atoms with Crippen molar-refractivity contribution in [1.29, 1.82) is 0 Å². The van der Waals surface area contributed by atoms with Crippen molar-refractivity contribution in [2.75, 3.05) is 5.88 Å². The lowest BCUT2D eigenvalue weighted by Gasteiger charge is -2.01. The number of nitrogens with zero attached hydrogens (tertiary/aromatic N) is 2. The second kappa shape index (κ2) is 6.22. The van der Waals surface area contributed by atoms with Crippen LogP contribution in [0, 0.1) is 0 Å². The predicted molar refractivity (Wildman–Crippen MR) is 74.5 cm³/mol. The maximum absolute atomic E-state index is 5.67. The molecule has 0 spiro atoms. The highest BCUT2D eigenvalue weighted by Gasteiger charge is 1.99. The number of aryl methyl sites for hydroxylation is 1. The number of halogens is 2. The van der Waals surface area contributed by atoms with Crippen molar-refractivity contribution in [3.05, 3.63) is 52.3 Å². The minimum Gasteiger partial charge on any atom is -0.268 e. The summed E-state index contributed by atoms with van der Waals surface area (Å²) in [5, 5.41) is 4.35. The van der Waals surface area contributed by atoms with Gasteiger partial charge in [-0.15, -0.1) is 11.6 Å². The van der Waals surface area contributed by atoms with Gasteiger partial charge in [-0.2, -0.15) is 5.10 Å². The van der Waals surface area contributed by atoms with Crippen LogP contribution < -0.4 is 0 Å². The Morgan fingerprint density at radius 3 is 2.65 bits per heavy atom. The fraction of sp³-hybridized carbons (Fsp3) is 0.308. The van der Waals surface area contributed by atoms with Gasteiger partial charge < -0.3 is 0 Å². The van der Waals surface area contributed by atoms with Gasteiger partial charge in [-0.05, 0) is 36.1 Å². The number of hydrogen-bond donors (Lipinski definition) is 0. The van der Waals surface area contributed by atoms with Crippen LogP contribution in [0.5, 0.6) is 0 Å². The van der Waals surface area contributed by atoms with Crippen LogP contribution in [-0.2, 0) is 13.0 Å². The van der Waals surface area contributed by atoms with E-state index >= 15 is 0 Å². The third-order valence-electron chi connectivity index (χ3n) is 2.54. The average Bonchev–Trinajstić information content (AvgIpc) is 2.77. The fourth-order valence-corrected chi connectivity index (χ4v) is 2.07. The largest absolute Gasteiger partial charge is 0.268 e. The zero-order chi connectivity index (χ0) is 12.1. The number of hydrogen-bond acceptors (Lipinski definition) is 1. The van der Waals surface area contributed by atoms with Crippen LogP contribution >= 0.6 is 27.5 Å².